The Labute approximate surface area is 322 Å². The van der Waals surface area contributed by atoms with Crippen molar-refractivity contribution in [3.63, 3.8) is 0 Å². The maximum atomic E-state index is 2.39. The summed E-state index contributed by atoms with van der Waals surface area (Å²) in [5.41, 5.74) is 13.4. The third-order valence-corrected chi connectivity index (χ3v) is 11.1. The number of benzene rings is 9. The second-order valence-electron chi connectivity index (χ2n) is 14.5. The van der Waals surface area contributed by atoms with Gasteiger partial charge in [0.2, 0.25) is 0 Å². The van der Waals surface area contributed by atoms with Gasteiger partial charge in [-0.3, -0.25) is 0 Å². The summed E-state index contributed by atoms with van der Waals surface area (Å²) in [5, 5.41) is 7.57. The lowest BCUT2D eigenvalue weighted by molar-refractivity contribution is 1.05. The normalized spacial score (nSPS) is 12.6. The Kier molecular flexibility index (Phi) is 8.39. The highest BCUT2D eigenvalue weighted by Crippen LogP contribution is 2.40. The van der Waals surface area contributed by atoms with E-state index >= 15 is 0 Å². The largest absolute Gasteiger partial charge is 0.311 e. The molecule has 0 bridgehead atoms. The van der Waals surface area contributed by atoms with Crippen molar-refractivity contribution in [2.24, 2.45) is 0 Å². The Bertz CT molecular complexity index is 2770. The van der Waals surface area contributed by atoms with Crippen molar-refractivity contribution in [2.45, 2.75) is 12.8 Å². The second kappa shape index (κ2) is 14.1. The van der Waals surface area contributed by atoms with Crippen LogP contribution in [0.25, 0.3) is 71.3 Å². The molecule has 1 aliphatic rings. The van der Waals surface area contributed by atoms with E-state index in [0.717, 1.165) is 29.9 Å². The molecular weight excluding hydrogens is 663 g/mol. The van der Waals surface area contributed by atoms with Crippen molar-refractivity contribution in [3.8, 4) is 33.4 Å². The highest BCUT2D eigenvalue weighted by Gasteiger charge is 2.16. The Morgan fingerprint density at radius 2 is 0.800 bits per heavy atom. The molecule has 0 fully saturated rings. The van der Waals surface area contributed by atoms with E-state index in [-0.39, 0.29) is 0 Å². The van der Waals surface area contributed by atoms with Gasteiger partial charge in [-0.05, 0) is 150 Å². The molecule has 1 aliphatic carbocycles. The summed E-state index contributed by atoms with van der Waals surface area (Å²) in [4.78, 5) is 2.37. The number of hydrogen-bond acceptors (Lipinski definition) is 1. The fourth-order valence-electron chi connectivity index (χ4n) is 8.16. The van der Waals surface area contributed by atoms with Gasteiger partial charge < -0.3 is 4.90 Å². The SMILES string of the molecule is C1=CCCC(c2cc(-c3ccc(N(c4ccc(-c5ccc6ccccc6c5)cc4)c4ccc(-c5ccc6ccccc6c5)cc4)cc3)c3ccccc3c2)=C1. The van der Waals surface area contributed by atoms with E-state index in [9.17, 15) is 0 Å². The van der Waals surface area contributed by atoms with E-state index in [1.165, 1.54) is 76.8 Å². The maximum absolute atomic E-state index is 2.39. The van der Waals surface area contributed by atoms with Crippen LogP contribution in [0.1, 0.15) is 18.4 Å². The van der Waals surface area contributed by atoms with Crippen LogP contribution < -0.4 is 4.90 Å². The molecule has 55 heavy (non-hydrogen) atoms. The van der Waals surface area contributed by atoms with Crippen molar-refractivity contribution in [3.05, 3.63) is 218 Å². The number of fused-ring (bicyclic) bond motifs is 3. The van der Waals surface area contributed by atoms with Gasteiger partial charge in [0.15, 0.2) is 0 Å². The van der Waals surface area contributed by atoms with Crippen LogP contribution in [-0.2, 0) is 0 Å². The third-order valence-electron chi connectivity index (χ3n) is 11.1. The molecule has 0 atom stereocenters. The van der Waals surface area contributed by atoms with Crippen molar-refractivity contribution in [1.29, 1.82) is 0 Å². The van der Waals surface area contributed by atoms with E-state index in [1.54, 1.807) is 0 Å². The standard InChI is InChI=1S/C54H39N/c1-2-10-38(11-3-1)49-36-48-16-8-9-17-53(48)54(37-49)43-26-32-52(33-27-43)55(50-28-22-41(23-29-50)46-20-18-39-12-4-6-14-44(39)34-46)51-30-24-42(25-31-51)47-21-19-40-13-5-7-15-45(40)35-47/h1-2,4-10,12-37H,3,11H2. The molecule has 1 heteroatoms. The fraction of sp³-hybridized carbons (Fsp3) is 0.0370. The number of nitrogens with zero attached hydrogens (tertiary/aromatic N) is 1. The van der Waals surface area contributed by atoms with Crippen LogP contribution in [0.4, 0.5) is 17.1 Å². The molecule has 0 aromatic heterocycles. The van der Waals surface area contributed by atoms with Gasteiger partial charge in [0.1, 0.15) is 0 Å². The van der Waals surface area contributed by atoms with Crippen LogP contribution in [0, 0.1) is 0 Å². The lowest BCUT2D eigenvalue weighted by Crippen LogP contribution is -2.09. The first-order valence-corrected chi connectivity index (χ1v) is 19.2. The first-order valence-electron chi connectivity index (χ1n) is 19.2. The molecule has 0 spiro atoms. The van der Waals surface area contributed by atoms with Crippen LogP contribution in [0.5, 0.6) is 0 Å². The van der Waals surface area contributed by atoms with Gasteiger partial charge in [-0.1, -0.05) is 152 Å². The average Bonchev–Trinajstić information content (AvgIpc) is 3.27. The summed E-state index contributed by atoms with van der Waals surface area (Å²) in [6.45, 7) is 0. The van der Waals surface area contributed by atoms with Gasteiger partial charge in [0.25, 0.3) is 0 Å². The van der Waals surface area contributed by atoms with Crippen LogP contribution in [0.2, 0.25) is 0 Å². The predicted molar refractivity (Wildman–Crippen MR) is 236 cm³/mol. The van der Waals surface area contributed by atoms with Gasteiger partial charge in [-0.15, -0.1) is 0 Å². The Morgan fingerprint density at radius 3 is 1.33 bits per heavy atom. The van der Waals surface area contributed by atoms with Gasteiger partial charge in [-0.25, -0.2) is 0 Å². The fourth-order valence-corrected chi connectivity index (χ4v) is 8.16. The third kappa shape index (κ3) is 6.41. The van der Waals surface area contributed by atoms with Crippen molar-refractivity contribution in [2.75, 3.05) is 4.90 Å². The lowest BCUT2D eigenvalue weighted by Gasteiger charge is -2.26. The number of hydrogen-bond donors (Lipinski definition) is 0. The van der Waals surface area contributed by atoms with E-state index < -0.39 is 0 Å². The minimum Gasteiger partial charge on any atom is -0.311 e. The molecule has 10 rings (SSSR count). The van der Waals surface area contributed by atoms with Crippen molar-refractivity contribution in [1.82, 2.24) is 0 Å². The summed E-state index contributed by atoms with van der Waals surface area (Å²) < 4.78 is 0. The van der Waals surface area contributed by atoms with Crippen LogP contribution >= 0.6 is 0 Å². The number of rotatable bonds is 7. The Morgan fingerprint density at radius 1 is 0.345 bits per heavy atom. The summed E-state index contributed by atoms with van der Waals surface area (Å²) in [6.07, 6.45) is 8.88. The minimum absolute atomic E-state index is 1.07. The van der Waals surface area contributed by atoms with Crippen molar-refractivity contribution >= 4 is 55.0 Å². The van der Waals surface area contributed by atoms with E-state index in [2.05, 4.69) is 217 Å². The first kappa shape index (κ1) is 32.7. The zero-order chi connectivity index (χ0) is 36.6. The molecule has 0 aliphatic heterocycles. The maximum Gasteiger partial charge on any atom is 0.0462 e. The Hall–Kier alpha value is -6.96. The monoisotopic (exact) mass is 701 g/mol. The predicted octanol–water partition coefficient (Wildman–Crippen LogP) is 15.4. The molecule has 9 aromatic carbocycles. The van der Waals surface area contributed by atoms with Crippen molar-refractivity contribution < 1.29 is 0 Å². The summed E-state index contributed by atoms with van der Waals surface area (Å²) in [7, 11) is 0. The zero-order valence-corrected chi connectivity index (χ0v) is 30.6. The van der Waals surface area contributed by atoms with Crippen LogP contribution in [0.3, 0.4) is 0 Å². The minimum atomic E-state index is 1.07. The topological polar surface area (TPSA) is 3.24 Å². The molecular formula is C54H39N. The van der Waals surface area contributed by atoms with E-state index in [4.69, 9.17) is 0 Å². The van der Waals surface area contributed by atoms with Crippen LogP contribution in [-0.4, -0.2) is 0 Å². The van der Waals surface area contributed by atoms with Gasteiger partial charge in [0, 0.05) is 17.1 Å². The number of allylic oxidation sites excluding steroid dienone is 4. The highest BCUT2D eigenvalue weighted by molar-refractivity contribution is 6.00. The highest BCUT2D eigenvalue weighted by atomic mass is 15.1. The lowest BCUT2D eigenvalue weighted by atomic mass is 9.90. The summed E-state index contributed by atoms with van der Waals surface area (Å²) in [6, 6.07) is 71.2. The summed E-state index contributed by atoms with van der Waals surface area (Å²) >= 11 is 0. The molecule has 0 saturated heterocycles. The molecule has 0 unspecified atom stereocenters. The van der Waals surface area contributed by atoms with E-state index in [0.29, 0.717) is 0 Å². The quantitative estimate of drug-likeness (QED) is 0.160. The first-order chi connectivity index (χ1) is 27.2. The number of anilines is 3. The van der Waals surface area contributed by atoms with E-state index in [1.807, 2.05) is 0 Å². The summed E-state index contributed by atoms with van der Waals surface area (Å²) in [5.74, 6) is 0. The molecule has 1 nitrogen and oxygen atoms in total. The second-order valence-corrected chi connectivity index (χ2v) is 14.5. The molecule has 0 amide bonds. The van der Waals surface area contributed by atoms with Gasteiger partial charge in [-0.2, -0.15) is 0 Å². The molecule has 0 heterocycles. The molecule has 260 valence electrons. The zero-order valence-electron chi connectivity index (χ0n) is 30.6. The molecule has 0 N–H and O–H groups in total. The average molecular weight is 702 g/mol. The molecule has 0 radical (unpaired) electrons. The molecule has 9 aromatic rings. The Balaban J connectivity index is 1.04. The van der Waals surface area contributed by atoms with Gasteiger partial charge in [0.05, 0.1) is 0 Å². The van der Waals surface area contributed by atoms with Crippen LogP contribution in [0.15, 0.2) is 212 Å². The van der Waals surface area contributed by atoms with Gasteiger partial charge >= 0.3 is 0 Å². The smallest absolute Gasteiger partial charge is 0.0462 e. The molecule has 0 saturated carbocycles.